The molecule has 0 aromatic heterocycles. The number of hydrogen-bond acceptors (Lipinski definition) is 8. The molecule has 22 aromatic rings. The van der Waals surface area contributed by atoms with Crippen molar-refractivity contribution in [2.24, 2.45) is 0 Å². The maximum absolute atomic E-state index is 14.2. The fraction of sp³-hybridized carbons (Fsp3) is 0.0385. The Hall–Kier alpha value is -14.0. The Labute approximate surface area is 638 Å². The Morgan fingerprint density at radius 2 is 0.321 bits per heavy atom. The van der Waals surface area contributed by atoms with E-state index in [-0.39, 0.29) is 23.0 Å². The fourth-order valence-corrected chi connectivity index (χ4v) is 21.6. The molecule has 0 atom stereocenters. The van der Waals surface area contributed by atoms with Crippen LogP contribution in [0.2, 0.25) is 0 Å². The van der Waals surface area contributed by atoms with Crippen molar-refractivity contribution >= 4 is 129 Å². The molecule has 0 amide bonds. The number of benzene rings is 22. The van der Waals surface area contributed by atoms with Gasteiger partial charge in [0.2, 0.25) is 0 Å². The van der Waals surface area contributed by atoms with Gasteiger partial charge in [0.15, 0.2) is 0 Å². The second kappa shape index (κ2) is 21.1. The first kappa shape index (κ1) is 62.0. The highest BCUT2D eigenvalue weighted by atomic mass is 16.3. The first-order valence-electron chi connectivity index (χ1n) is 38.0. The van der Waals surface area contributed by atoms with Crippen molar-refractivity contribution in [2.75, 3.05) is 0 Å². The zero-order chi connectivity index (χ0) is 74.5. The largest absolute Gasteiger partial charge is 0.507 e. The van der Waals surface area contributed by atoms with Gasteiger partial charge in [-0.1, -0.05) is 243 Å². The Morgan fingerprint density at radius 3 is 0.527 bits per heavy atom. The van der Waals surface area contributed by atoms with Gasteiger partial charge < -0.3 is 40.9 Å². The molecule has 524 valence electrons. The van der Waals surface area contributed by atoms with Crippen LogP contribution in [-0.4, -0.2) is 40.9 Å². The van der Waals surface area contributed by atoms with Crippen LogP contribution in [0.15, 0.2) is 315 Å². The van der Waals surface area contributed by atoms with Crippen LogP contribution in [0.5, 0.6) is 23.0 Å². The lowest BCUT2D eigenvalue weighted by atomic mass is 9.63. The van der Waals surface area contributed by atoms with Gasteiger partial charge in [-0.05, 0) is 269 Å². The summed E-state index contributed by atoms with van der Waals surface area (Å²) in [4.78, 5) is 0. The first-order chi connectivity index (χ1) is 54.7. The summed E-state index contributed by atoms with van der Waals surface area (Å²) in [7, 11) is 0. The Balaban J connectivity index is 0.605. The van der Waals surface area contributed by atoms with Crippen LogP contribution in [0, 0.1) is 0 Å². The van der Waals surface area contributed by atoms with E-state index in [1.165, 1.54) is 0 Å². The van der Waals surface area contributed by atoms with Gasteiger partial charge in [0.1, 0.15) is 45.4 Å². The summed E-state index contributed by atoms with van der Waals surface area (Å²) in [6.07, 6.45) is 0. The molecule has 22 aromatic carbocycles. The average Bonchev–Trinajstić information content (AvgIpc) is 0.863. The number of aliphatic hydroxyl groups is 4. The third-order valence-electron chi connectivity index (χ3n) is 26.2. The minimum atomic E-state index is -1.79. The molecular formula is C104H60O8. The lowest BCUT2D eigenvalue weighted by molar-refractivity contribution is 0.0750. The Bertz CT molecular complexity index is 7340. The van der Waals surface area contributed by atoms with Gasteiger partial charge in [0.05, 0.1) is 0 Å². The maximum Gasteiger partial charge on any atom is 0.141 e. The molecule has 0 saturated heterocycles. The Morgan fingerprint density at radius 1 is 0.161 bits per heavy atom. The zero-order valence-corrected chi connectivity index (χ0v) is 59.6. The predicted octanol–water partition coefficient (Wildman–Crippen LogP) is 22.8. The summed E-state index contributed by atoms with van der Waals surface area (Å²) in [5.41, 5.74) is 7.79. The van der Waals surface area contributed by atoms with Crippen molar-refractivity contribution in [3.8, 4) is 67.5 Å². The molecule has 0 fully saturated rings. The topological polar surface area (TPSA) is 162 Å². The van der Waals surface area contributed by atoms with Crippen LogP contribution in [0.1, 0.15) is 66.8 Å². The summed E-state index contributed by atoms with van der Waals surface area (Å²) in [6, 6.07) is 104. The van der Waals surface area contributed by atoms with E-state index in [1.807, 2.05) is 218 Å². The number of rotatable bonds is 6. The van der Waals surface area contributed by atoms with Gasteiger partial charge in [-0.15, -0.1) is 0 Å². The van der Waals surface area contributed by atoms with E-state index in [0.717, 1.165) is 185 Å². The summed E-state index contributed by atoms with van der Waals surface area (Å²) < 4.78 is 0. The van der Waals surface area contributed by atoms with E-state index >= 15 is 0 Å². The van der Waals surface area contributed by atoms with Gasteiger partial charge in [-0.3, -0.25) is 0 Å². The number of phenolic OH excluding ortho intramolecular Hbond substituents is 4. The molecule has 8 N–H and O–H groups in total. The smallest absolute Gasteiger partial charge is 0.141 e. The summed E-state index contributed by atoms with van der Waals surface area (Å²) in [5.74, 6) is 0.0895. The molecule has 0 spiro atoms. The quantitative estimate of drug-likeness (QED) is 0.0764. The fourth-order valence-electron chi connectivity index (χ4n) is 21.6. The summed E-state index contributed by atoms with van der Waals surface area (Å²) >= 11 is 0. The van der Waals surface area contributed by atoms with Crippen LogP contribution < -0.4 is 0 Å². The molecule has 0 unspecified atom stereocenters. The van der Waals surface area contributed by atoms with Crippen molar-refractivity contribution in [1.29, 1.82) is 0 Å². The van der Waals surface area contributed by atoms with E-state index < -0.39 is 22.4 Å². The molecule has 112 heavy (non-hydrogen) atoms. The minimum absolute atomic E-state index is 0.0190. The zero-order valence-electron chi connectivity index (χ0n) is 59.6. The van der Waals surface area contributed by atoms with Crippen LogP contribution in [0.4, 0.5) is 0 Å². The standard InChI is InChI=1S/C104H60O8/c105-85-49-61-29-25-53-41-65(101(109)77-17-5-1-13-69(77)70-14-2-6-18-78(70)101)45-57-33-37-73(93(61)89(53)57)97(85)99-75-39-35-59-47-67(43-55-27-31-63(51-87(99)107)95(75)91(55)59)103(111)81-21-9-11-23-83(81)104(112,84-24-12-10-22-82(84)103)68-44-56-28-32-64-52-88(108)100(76-40-36-60(48-68)92(56)96(64)76)98-74-38-34-58-46-66(42-54-26-30-62(50-86(98)106)94(74)90(54)58)102(110)79-19-7-3-15-71(79)72-16-4-8-20-80(72)102/h1-52,105-112H. The van der Waals surface area contributed by atoms with Gasteiger partial charge in [-0.2, -0.15) is 0 Å². The lowest BCUT2D eigenvalue weighted by Crippen LogP contribution is -2.44. The highest BCUT2D eigenvalue weighted by Gasteiger charge is 2.52. The van der Waals surface area contributed by atoms with E-state index in [4.69, 9.17) is 0 Å². The van der Waals surface area contributed by atoms with Crippen molar-refractivity contribution in [3.63, 3.8) is 0 Å². The van der Waals surface area contributed by atoms with Crippen molar-refractivity contribution in [2.45, 2.75) is 22.4 Å². The molecule has 8 heteroatoms. The first-order valence-corrected chi connectivity index (χ1v) is 38.0. The van der Waals surface area contributed by atoms with E-state index in [2.05, 4.69) is 72.8 Å². The molecule has 0 bridgehead atoms. The number of phenols is 4. The van der Waals surface area contributed by atoms with Crippen molar-refractivity contribution in [1.82, 2.24) is 0 Å². The molecule has 3 aliphatic rings. The highest BCUT2D eigenvalue weighted by molar-refractivity contribution is 6.33. The van der Waals surface area contributed by atoms with Crippen LogP contribution in [0.3, 0.4) is 0 Å². The number of hydrogen-bond donors (Lipinski definition) is 8. The molecule has 0 radical (unpaired) electrons. The maximum atomic E-state index is 14.2. The highest BCUT2D eigenvalue weighted by Crippen LogP contribution is 2.60. The summed E-state index contributed by atoms with van der Waals surface area (Å²) in [5, 5.41) is 125. The number of fused-ring (bicyclic) bond motifs is 8. The normalized spacial score (nSPS) is 16.8. The van der Waals surface area contributed by atoms with E-state index in [0.29, 0.717) is 55.6 Å². The monoisotopic (exact) mass is 1440 g/mol. The SMILES string of the molecule is Oc1cc2ccc3cc(C4(O)c5ccccc5-c5ccccc54)cc4ccc(c1-c1c(O)cc5ccc6cc(C7(O)c8ccccc8C(O)(c8cc9ccc%10cc(O)c(-c%11c(O)cc%12ccc%13cc(C%14(O)c%15ccccc%15-c%15ccccc%15%14)cc%14ccc%11c%12c%13%14)c%11ccc(c8)c9c%10%11)c8ccccc87)cc7ccc1c5c67)c2c34. The molecule has 0 aliphatic heterocycles. The second-order valence-electron chi connectivity index (χ2n) is 31.5. The third kappa shape index (κ3) is 7.50. The van der Waals surface area contributed by atoms with Gasteiger partial charge in [0.25, 0.3) is 0 Å². The molecule has 25 rings (SSSR count). The molecule has 8 nitrogen and oxygen atoms in total. The van der Waals surface area contributed by atoms with Crippen molar-refractivity contribution < 1.29 is 40.9 Å². The van der Waals surface area contributed by atoms with E-state index in [1.54, 1.807) is 24.3 Å². The predicted molar refractivity (Wildman–Crippen MR) is 450 cm³/mol. The summed E-state index contributed by atoms with van der Waals surface area (Å²) in [6.45, 7) is 0. The van der Waals surface area contributed by atoms with Gasteiger partial charge >= 0.3 is 0 Å². The van der Waals surface area contributed by atoms with E-state index in [9.17, 15) is 40.9 Å². The van der Waals surface area contributed by atoms with Gasteiger partial charge in [0, 0.05) is 44.5 Å². The minimum Gasteiger partial charge on any atom is -0.507 e. The molecule has 3 aliphatic carbocycles. The van der Waals surface area contributed by atoms with Gasteiger partial charge in [-0.25, -0.2) is 0 Å². The average molecular weight is 1440 g/mol. The van der Waals surface area contributed by atoms with Crippen molar-refractivity contribution in [3.05, 3.63) is 382 Å². The van der Waals surface area contributed by atoms with Crippen LogP contribution >= 0.6 is 0 Å². The lowest BCUT2D eigenvalue weighted by Gasteiger charge is -2.45. The molecular weight excluding hydrogens is 1380 g/mol. The number of aromatic hydroxyl groups is 4. The molecule has 0 saturated carbocycles. The molecule has 0 heterocycles. The second-order valence-corrected chi connectivity index (χ2v) is 31.5. The Kier molecular flexibility index (Phi) is 11.7. The van der Waals surface area contributed by atoms with Crippen LogP contribution in [0.25, 0.3) is 174 Å². The van der Waals surface area contributed by atoms with Crippen LogP contribution in [-0.2, 0) is 22.4 Å². The third-order valence-corrected chi connectivity index (χ3v) is 26.2.